The standard InChI is InChI=1S/C17H39N3/c1-8-11-20(13-12-19(6)7)15-17(9-2,10-3)14-18-16(4)5/h16,18H,8-15H2,1-7H3. The first kappa shape index (κ1) is 19.9. The van der Waals surface area contributed by atoms with E-state index in [1.807, 2.05) is 0 Å². The Morgan fingerprint density at radius 2 is 1.55 bits per heavy atom. The zero-order chi connectivity index (χ0) is 15.6. The zero-order valence-electron chi connectivity index (χ0n) is 15.1. The van der Waals surface area contributed by atoms with Crippen molar-refractivity contribution in [2.24, 2.45) is 5.41 Å². The molecule has 0 aromatic carbocycles. The highest BCUT2D eigenvalue weighted by atomic mass is 15.2. The van der Waals surface area contributed by atoms with E-state index in [-0.39, 0.29) is 0 Å². The van der Waals surface area contributed by atoms with Gasteiger partial charge in [0.05, 0.1) is 0 Å². The second-order valence-corrected chi connectivity index (χ2v) is 6.82. The van der Waals surface area contributed by atoms with Crippen LogP contribution in [0.4, 0.5) is 0 Å². The monoisotopic (exact) mass is 285 g/mol. The maximum Gasteiger partial charge on any atom is 0.0109 e. The van der Waals surface area contributed by atoms with Gasteiger partial charge in [-0.05, 0) is 45.3 Å². The normalized spacial score (nSPS) is 12.9. The van der Waals surface area contributed by atoms with Gasteiger partial charge in [0, 0.05) is 32.2 Å². The predicted molar refractivity (Wildman–Crippen MR) is 91.4 cm³/mol. The van der Waals surface area contributed by atoms with Gasteiger partial charge in [0.15, 0.2) is 0 Å². The summed E-state index contributed by atoms with van der Waals surface area (Å²) in [5.41, 5.74) is 0.422. The molecule has 0 saturated heterocycles. The Labute approximate surface area is 128 Å². The van der Waals surface area contributed by atoms with Gasteiger partial charge in [-0.2, -0.15) is 0 Å². The van der Waals surface area contributed by atoms with E-state index in [0.29, 0.717) is 11.5 Å². The Bertz CT molecular complexity index is 222. The van der Waals surface area contributed by atoms with Gasteiger partial charge in [-0.1, -0.05) is 34.6 Å². The number of nitrogens with zero attached hydrogens (tertiary/aromatic N) is 2. The maximum absolute atomic E-state index is 3.66. The molecule has 0 atom stereocenters. The molecule has 0 amide bonds. The molecule has 3 nitrogen and oxygen atoms in total. The van der Waals surface area contributed by atoms with Crippen LogP contribution in [0.2, 0.25) is 0 Å². The van der Waals surface area contributed by atoms with Gasteiger partial charge in [-0.15, -0.1) is 0 Å². The van der Waals surface area contributed by atoms with Crippen LogP contribution in [0.15, 0.2) is 0 Å². The molecule has 0 fully saturated rings. The van der Waals surface area contributed by atoms with Crippen LogP contribution >= 0.6 is 0 Å². The van der Waals surface area contributed by atoms with E-state index in [9.17, 15) is 0 Å². The molecule has 0 bridgehead atoms. The molecule has 0 saturated carbocycles. The summed E-state index contributed by atoms with van der Waals surface area (Å²) >= 11 is 0. The molecule has 3 heteroatoms. The molecule has 122 valence electrons. The average molecular weight is 286 g/mol. The average Bonchev–Trinajstić information content (AvgIpc) is 2.40. The minimum absolute atomic E-state index is 0.422. The highest BCUT2D eigenvalue weighted by molar-refractivity contribution is 4.84. The Morgan fingerprint density at radius 1 is 0.950 bits per heavy atom. The molecule has 0 aromatic rings. The molecule has 0 rings (SSSR count). The van der Waals surface area contributed by atoms with Crippen molar-refractivity contribution in [1.29, 1.82) is 0 Å². The number of nitrogens with one attached hydrogen (secondary N) is 1. The molecule has 0 radical (unpaired) electrons. The third kappa shape index (κ3) is 8.23. The van der Waals surface area contributed by atoms with Crippen molar-refractivity contribution in [3.8, 4) is 0 Å². The Balaban J connectivity index is 4.61. The molecule has 0 heterocycles. The Morgan fingerprint density at radius 3 is 1.95 bits per heavy atom. The molecule has 1 N–H and O–H groups in total. The fourth-order valence-electron chi connectivity index (χ4n) is 2.60. The highest BCUT2D eigenvalue weighted by Crippen LogP contribution is 2.27. The van der Waals surface area contributed by atoms with Crippen LogP contribution in [0.25, 0.3) is 0 Å². The summed E-state index contributed by atoms with van der Waals surface area (Å²) in [4.78, 5) is 4.95. The number of rotatable bonds is 12. The van der Waals surface area contributed by atoms with Crippen molar-refractivity contribution in [2.45, 2.75) is 59.9 Å². The van der Waals surface area contributed by atoms with Crippen LogP contribution in [-0.2, 0) is 0 Å². The van der Waals surface area contributed by atoms with Gasteiger partial charge in [-0.25, -0.2) is 0 Å². The quantitative estimate of drug-likeness (QED) is 0.594. The zero-order valence-corrected chi connectivity index (χ0v) is 15.1. The van der Waals surface area contributed by atoms with E-state index in [0.717, 1.165) is 13.1 Å². The molecule has 0 aliphatic rings. The molecule has 20 heavy (non-hydrogen) atoms. The summed E-state index contributed by atoms with van der Waals surface area (Å²) in [5.74, 6) is 0. The summed E-state index contributed by atoms with van der Waals surface area (Å²) < 4.78 is 0. The third-order valence-corrected chi connectivity index (χ3v) is 4.35. The van der Waals surface area contributed by atoms with Gasteiger partial charge in [-0.3, -0.25) is 0 Å². The van der Waals surface area contributed by atoms with Gasteiger partial charge < -0.3 is 15.1 Å². The first-order valence-electron chi connectivity index (χ1n) is 8.49. The summed E-state index contributed by atoms with van der Waals surface area (Å²) in [5, 5.41) is 3.66. The smallest absolute Gasteiger partial charge is 0.0109 e. The van der Waals surface area contributed by atoms with Crippen molar-refractivity contribution >= 4 is 0 Å². The lowest BCUT2D eigenvalue weighted by Gasteiger charge is -2.38. The summed E-state index contributed by atoms with van der Waals surface area (Å²) in [6.07, 6.45) is 3.76. The lowest BCUT2D eigenvalue weighted by molar-refractivity contribution is 0.124. The van der Waals surface area contributed by atoms with Crippen molar-refractivity contribution in [3.05, 3.63) is 0 Å². The minimum Gasteiger partial charge on any atom is -0.314 e. The van der Waals surface area contributed by atoms with Crippen molar-refractivity contribution in [1.82, 2.24) is 15.1 Å². The maximum atomic E-state index is 3.66. The number of hydrogen-bond acceptors (Lipinski definition) is 3. The van der Waals surface area contributed by atoms with Gasteiger partial charge in [0.2, 0.25) is 0 Å². The predicted octanol–water partition coefficient (Wildman–Crippen LogP) is 3.06. The van der Waals surface area contributed by atoms with Crippen LogP contribution in [0.5, 0.6) is 0 Å². The van der Waals surface area contributed by atoms with E-state index < -0.39 is 0 Å². The van der Waals surface area contributed by atoms with E-state index in [4.69, 9.17) is 0 Å². The largest absolute Gasteiger partial charge is 0.314 e. The first-order chi connectivity index (χ1) is 9.39. The lowest BCUT2D eigenvalue weighted by Crippen LogP contribution is -2.46. The molecule has 0 aromatic heterocycles. The highest BCUT2D eigenvalue weighted by Gasteiger charge is 2.28. The van der Waals surface area contributed by atoms with Gasteiger partial charge in [0.1, 0.15) is 0 Å². The first-order valence-corrected chi connectivity index (χ1v) is 8.49. The summed E-state index contributed by atoms with van der Waals surface area (Å²) in [7, 11) is 4.33. The van der Waals surface area contributed by atoms with Crippen LogP contribution in [-0.4, -0.2) is 62.7 Å². The summed E-state index contributed by atoms with van der Waals surface area (Å²) in [6.45, 7) is 17.4. The van der Waals surface area contributed by atoms with Gasteiger partial charge >= 0.3 is 0 Å². The van der Waals surface area contributed by atoms with E-state index in [1.54, 1.807) is 0 Å². The van der Waals surface area contributed by atoms with Crippen LogP contribution in [0.3, 0.4) is 0 Å². The van der Waals surface area contributed by atoms with Crippen molar-refractivity contribution in [3.63, 3.8) is 0 Å². The molecule has 0 unspecified atom stereocenters. The van der Waals surface area contributed by atoms with Crippen LogP contribution < -0.4 is 5.32 Å². The molecule has 0 aliphatic carbocycles. The van der Waals surface area contributed by atoms with E-state index in [1.165, 1.54) is 38.9 Å². The second kappa shape index (κ2) is 10.6. The second-order valence-electron chi connectivity index (χ2n) is 6.82. The van der Waals surface area contributed by atoms with E-state index >= 15 is 0 Å². The lowest BCUT2D eigenvalue weighted by atomic mass is 9.81. The SMILES string of the molecule is CCCN(CCN(C)C)CC(CC)(CC)CNC(C)C. The van der Waals surface area contributed by atoms with E-state index in [2.05, 4.69) is 63.8 Å². The van der Waals surface area contributed by atoms with Crippen molar-refractivity contribution in [2.75, 3.05) is 46.8 Å². The molecule has 0 spiro atoms. The minimum atomic E-state index is 0.422. The molecule has 0 aliphatic heterocycles. The van der Waals surface area contributed by atoms with Crippen molar-refractivity contribution < 1.29 is 0 Å². The van der Waals surface area contributed by atoms with Gasteiger partial charge in [0.25, 0.3) is 0 Å². The van der Waals surface area contributed by atoms with Crippen LogP contribution in [0.1, 0.15) is 53.9 Å². The third-order valence-electron chi connectivity index (χ3n) is 4.35. The Kier molecular flexibility index (Phi) is 10.5. The Hall–Kier alpha value is -0.120. The number of hydrogen-bond donors (Lipinski definition) is 1. The topological polar surface area (TPSA) is 18.5 Å². The summed E-state index contributed by atoms with van der Waals surface area (Å²) in [6, 6.07) is 0.578. The molecular formula is C17H39N3. The fraction of sp³-hybridized carbons (Fsp3) is 1.00. The number of likely N-dealkylation sites (N-methyl/N-ethyl adjacent to an activating group) is 1. The van der Waals surface area contributed by atoms with Crippen LogP contribution in [0, 0.1) is 5.41 Å². The molecular weight excluding hydrogens is 246 g/mol. The fourth-order valence-corrected chi connectivity index (χ4v) is 2.60.